The van der Waals surface area contributed by atoms with Crippen LogP contribution in [0.3, 0.4) is 0 Å². The van der Waals surface area contributed by atoms with E-state index in [0.717, 1.165) is 48.9 Å². The van der Waals surface area contributed by atoms with E-state index in [1.54, 1.807) is 0 Å². The van der Waals surface area contributed by atoms with Crippen molar-refractivity contribution in [2.24, 2.45) is 12.9 Å². The second kappa shape index (κ2) is 7.07. The Morgan fingerprint density at radius 3 is 2.67 bits per heavy atom. The van der Waals surface area contributed by atoms with Crippen LogP contribution in [0.5, 0.6) is 0 Å². The molecule has 0 aromatic carbocycles. The molecule has 2 heterocycles. The van der Waals surface area contributed by atoms with Gasteiger partial charge >= 0.3 is 0 Å². The first-order valence-corrected chi connectivity index (χ1v) is 7.90. The molecule has 7 heteroatoms. The monoisotopic (exact) mass is 314 g/mol. The number of nitrogens with one attached hydrogen (secondary N) is 1. The fraction of sp³-hybridized carbons (Fsp3) is 0.786. The van der Waals surface area contributed by atoms with Crippen LogP contribution in [0, 0.1) is 0 Å². The third-order valence-electron chi connectivity index (χ3n) is 4.49. The fourth-order valence-electron chi connectivity index (χ4n) is 3.03. The molecule has 1 fully saturated rings. The van der Waals surface area contributed by atoms with Gasteiger partial charge in [0.15, 0.2) is 0 Å². The third-order valence-corrected chi connectivity index (χ3v) is 4.93. The average Bonchev–Trinajstić information content (AvgIpc) is 2.74. The van der Waals surface area contributed by atoms with Crippen LogP contribution in [0.15, 0.2) is 0 Å². The van der Waals surface area contributed by atoms with E-state index in [4.69, 9.17) is 17.4 Å². The van der Waals surface area contributed by atoms with E-state index in [9.17, 15) is 0 Å². The number of piperazine rings is 1. The summed E-state index contributed by atoms with van der Waals surface area (Å²) in [4.78, 5) is 4.72. The van der Waals surface area contributed by atoms with Gasteiger partial charge in [0.1, 0.15) is 0 Å². The van der Waals surface area contributed by atoms with Gasteiger partial charge in [-0.25, -0.2) is 0 Å². The van der Waals surface area contributed by atoms with Crippen molar-refractivity contribution in [1.29, 1.82) is 0 Å². The highest BCUT2D eigenvalue weighted by Gasteiger charge is 2.30. The lowest BCUT2D eigenvalue weighted by atomic mass is 9.99. The highest BCUT2D eigenvalue weighted by atomic mass is 35.5. The van der Waals surface area contributed by atoms with Crippen molar-refractivity contribution in [2.75, 3.05) is 33.7 Å². The number of halogens is 1. The summed E-state index contributed by atoms with van der Waals surface area (Å²) >= 11 is 6.46. The molecule has 1 aromatic rings. The van der Waals surface area contributed by atoms with Crippen LogP contribution in [-0.4, -0.2) is 65.4 Å². The first-order valence-electron chi connectivity index (χ1n) is 7.53. The van der Waals surface area contributed by atoms with Crippen molar-refractivity contribution in [3.63, 3.8) is 0 Å². The fourth-order valence-corrected chi connectivity index (χ4v) is 3.41. The van der Waals surface area contributed by atoms with Crippen molar-refractivity contribution in [3.8, 4) is 0 Å². The lowest BCUT2D eigenvalue weighted by Crippen LogP contribution is -2.60. The summed E-state index contributed by atoms with van der Waals surface area (Å²) in [6, 6.07) is 0.514. The minimum Gasteiger partial charge on any atom is -0.303 e. The van der Waals surface area contributed by atoms with Gasteiger partial charge in [-0.05, 0) is 20.5 Å². The van der Waals surface area contributed by atoms with Crippen molar-refractivity contribution in [3.05, 3.63) is 16.4 Å². The largest absolute Gasteiger partial charge is 0.303 e. The van der Waals surface area contributed by atoms with E-state index < -0.39 is 0 Å². The summed E-state index contributed by atoms with van der Waals surface area (Å²) in [6.45, 7) is 5.22. The lowest BCUT2D eigenvalue weighted by molar-refractivity contribution is 0.0872. The van der Waals surface area contributed by atoms with Crippen molar-refractivity contribution >= 4 is 11.6 Å². The minimum absolute atomic E-state index is 0.148. The van der Waals surface area contributed by atoms with E-state index in [1.807, 2.05) is 11.7 Å². The van der Waals surface area contributed by atoms with Gasteiger partial charge in [-0.3, -0.25) is 20.9 Å². The Balaban J connectivity index is 2.17. The normalized spacial score (nSPS) is 22.7. The summed E-state index contributed by atoms with van der Waals surface area (Å²) < 4.78 is 1.89. The lowest BCUT2D eigenvalue weighted by Gasteiger charge is -2.41. The van der Waals surface area contributed by atoms with Gasteiger partial charge in [-0.2, -0.15) is 5.10 Å². The van der Waals surface area contributed by atoms with E-state index in [2.05, 4.69) is 41.3 Å². The highest BCUT2D eigenvalue weighted by Crippen LogP contribution is 2.23. The number of hydrogen-bond donors (Lipinski definition) is 2. The van der Waals surface area contributed by atoms with Crippen LogP contribution < -0.4 is 11.3 Å². The van der Waals surface area contributed by atoms with Crippen LogP contribution in [0.4, 0.5) is 0 Å². The zero-order valence-corrected chi connectivity index (χ0v) is 14.2. The maximum Gasteiger partial charge on any atom is 0.0850 e. The Kier molecular flexibility index (Phi) is 5.62. The molecule has 0 amide bonds. The quantitative estimate of drug-likeness (QED) is 0.603. The standard InChI is InChI=1S/C14H27ClN6/c1-5-10-14(15)12(21(4)18-10)8-11(17-16)13-9-19(2)6-7-20(13)3/h11,13,17H,5-9,16H2,1-4H3. The molecule has 0 aliphatic carbocycles. The molecule has 6 nitrogen and oxygen atoms in total. The SMILES string of the molecule is CCc1nn(C)c(CC(NN)C2CN(C)CCN2C)c1Cl. The summed E-state index contributed by atoms with van der Waals surface area (Å²) in [5.74, 6) is 5.83. The molecule has 1 aliphatic rings. The number of likely N-dealkylation sites (N-methyl/N-ethyl adjacent to an activating group) is 2. The number of rotatable bonds is 5. The number of aryl methyl sites for hydroxylation is 2. The smallest absolute Gasteiger partial charge is 0.0850 e. The molecule has 2 atom stereocenters. The molecule has 0 bridgehead atoms. The maximum atomic E-state index is 6.46. The molecule has 1 aliphatic heterocycles. The molecule has 0 spiro atoms. The van der Waals surface area contributed by atoms with Crippen LogP contribution in [0.1, 0.15) is 18.3 Å². The number of hydrogen-bond acceptors (Lipinski definition) is 5. The zero-order chi connectivity index (χ0) is 15.6. The number of hydrazine groups is 1. The molecule has 1 aromatic heterocycles. The van der Waals surface area contributed by atoms with E-state index in [0.29, 0.717) is 6.04 Å². The van der Waals surface area contributed by atoms with Gasteiger partial charge in [0.25, 0.3) is 0 Å². The Bertz CT molecular complexity index is 474. The second-order valence-corrected chi connectivity index (χ2v) is 6.35. The summed E-state index contributed by atoms with van der Waals surface area (Å²) in [7, 11) is 6.26. The molecule has 1 saturated heterocycles. The first-order chi connectivity index (χ1) is 9.97. The summed E-state index contributed by atoms with van der Waals surface area (Å²) in [6.07, 6.45) is 1.63. The Morgan fingerprint density at radius 1 is 1.38 bits per heavy atom. The van der Waals surface area contributed by atoms with Gasteiger partial charge in [-0.1, -0.05) is 18.5 Å². The van der Waals surface area contributed by atoms with Crippen LogP contribution in [-0.2, 0) is 19.9 Å². The molecule has 120 valence electrons. The highest BCUT2D eigenvalue weighted by molar-refractivity contribution is 6.31. The molecule has 2 rings (SSSR count). The summed E-state index contributed by atoms with van der Waals surface area (Å²) in [5, 5.41) is 5.27. The van der Waals surface area contributed by atoms with Gasteiger partial charge < -0.3 is 4.90 Å². The first kappa shape index (κ1) is 16.7. The van der Waals surface area contributed by atoms with E-state index >= 15 is 0 Å². The summed E-state index contributed by atoms with van der Waals surface area (Å²) in [5.41, 5.74) is 5.00. The average molecular weight is 315 g/mol. The van der Waals surface area contributed by atoms with Gasteiger partial charge in [0.2, 0.25) is 0 Å². The maximum absolute atomic E-state index is 6.46. The molecular formula is C14H27ClN6. The van der Waals surface area contributed by atoms with Gasteiger partial charge in [0, 0.05) is 45.2 Å². The Labute approximate surface area is 132 Å². The number of nitrogens with two attached hydrogens (primary N) is 1. The molecule has 0 saturated carbocycles. The Morgan fingerprint density at radius 2 is 2.10 bits per heavy atom. The van der Waals surface area contributed by atoms with E-state index in [1.165, 1.54) is 0 Å². The minimum atomic E-state index is 0.148. The van der Waals surface area contributed by atoms with Crippen molar-refractivity contribution in [1.82, 2.24) is 25.0 Å². The third kappa shape index (κ3) is 3.57. The second-order valence-electron chi connectivity index (χ2n) is 5.97. The van der Waals surface area contributed by atoms with Crippen LogP contribution in [0.25, 0.3) is 0 Å². The molecule has 2 unspecified atom stereocenters. The predicted octanol–water partition coefficient (Wildman–Crippen LogP) is 0.256. The topological polar surface area (TPSA) is 62.4 Å². The van der Waals surface area contributed by atoms with Crippen LogP contribution in [0.2, 0.25) is 5.02 Å². The van der Waals surface area contributed by atoms with E-state index in [-0.39, 0.29) is 6.04 Å². The predicted molar refractivity (Wildman–Crippen MR) is 86.3 cm³/mol. The van der Waals surface area contributed by atoms with Crippen LogP contribution >= 0.6 is 11.6 Å². The van der Waals surface area contributed by atoms with Gasteiger partial charge in [0.05, 0.1) is 16.4 Å². The van der Waals surface area contributed by atoms with Crippen molar-refractivity contribution in [2.45, 2.75) is 31.8 Å². The number of nitrogens with zero attached hydrogens (tertiary/aromatic N) is 4. The molecule has 0 radical (unpaired) electrons. The number of aromatic nitrogens is 2. The van der Waals surface area contributed by atoms with Crippen molar-refractivity contribution < 1.29 is 0 Å². The molecule has 21 heavy (non-hydrogen) atoms. The molecule has 3 N–H and O–H groups in total. The molecular weight excluding hydrogens is 288 g/mol. The van der Waals surface area contributed by atoms with Gasteiger partial charge in [-0.15, -0.1) is 0 Å². The zero-order valence-electron chi connectivity index (χ0n) is 13.4. The Hall–Kier alpha value is -0.660.